The van der Waals surface area contributed by atoms with Crippen LogP contribution in [0.1, 0.15) is 43.7 Å². The number of halogens is 1. The lowest BCUT2D eigenvalue weighted by atomic mass is 9.95. The molecule has 168 valence electrons. The first kappa shape index (κ1) is 23.6. The van der Waals surface area contributed by atoms with Crippen molar-refractivity contribution in [3.8, 4) is 5.75 Å². The highest BCUT2D eigenvalue weighted by Crippen LogP contribution is 2.33. The molecule has 2 aromatic rings. The second kappa shape index (κ2) is 9.59. The summed E-state index contributed by atoms with van der Waals surface area (Å²) in [6.07, 6.45) is 0.910. The first-order valence-electron chi connectivity index (χ1n) is 10.4. The summed E-state index contributed by atoms with van der Waals surface area (Å²) in [5, 5.41) is 3.42. The highest BCUT2D eigenvalue weighted by Gasteiger charge is 2.34. The van der Waals surface area contributed by atoms with Crippen LogP contribution >= 0.6 is 11.6 Å². The molecule has 1 amide bonds. The van der Waals surface area contributed by atoms with Crippen LogP contribution in [0, 0.1) is 12.8 Å². The third-order valence-corrected chi connectivity index (χ3v) is 7.90. The van der Waals surface area contributed by atoms with Gasteiger partial charge in [0.2, 0.25) is 15.9 Å². The molecule has 8 heteroatoms. The molecule has 0 radical (unpaired) electrons. The van der Waals surface area contributed by atoms with Gasteiger partial charge in [0, 0.05) is 29.7 Å². The largest absolute Gasteiger partial charge is 0.495 e. The van der Waals surface area contributed by atoms with Crippen LogP contribution in [0.3, 0.4) is 0 Å². The lowest BCUT2D eigenvalue weighted by Crippen LogP contribution is -2.41. The van der Waals surface area contributed by atoms with E-state index in [-0.39, 0.29) is 41.5 Å². The van der Waals surface area contributed by atoms with Gasteiger partial charge in [0.05, 0.1) is 7.11 Å². The number of carbonyl (C=O) groups excluding carboxylic acids is 1. The number of nitrogens with one attached hydrogen (secondary N) is 1. The van der Waals surface area contributed by atoms with Crippen LogP contribution in [-0.4, -0.2) is 38.8 Å². The molecule has 1 saturated heterocycles. The third kappa shape index (κ3) is 5.05. The molecule has 0 bridgehead atoms. The lowest BCUT2D eigenvalue weighted by molar-refractivity contribution is -0.120. The van der Waals surface area contributed by atoms with E-state index in [9.17, 15) is 13.2 Å². The average molecular weight is 465 g/mol. The van der Waals surface area contributed by atoms with E-state index < -0.39 is 10.0 Å². The van der Waals surface area contributed by atoms with E-state index in [4.69, 9.17) is 16.3 Å². The molecular formula is C23H29ClN2O4S. The standard InChI is InChI=1S/C23H29ClN2O4S/c1-15(2)19-7-5-6-16(3)22(19)25-23(27)17-10-12-26(13-11-17)31(28,29)21-14-18(24)8-9-20(21)30-4/h5-9,14-15,17H,10-13H2,1-4H3,(H,25,27). The van der Waals surface area contributed by atoms with Crippen molar-refractivity contribution in [2.75, 3.05) is 25.5 Å². The molecule has 0 atom stereocenters. The van der Waals surface area contributed by atoms with Crippen LogP contribution in [0.4, 0.5) is 5.69 Å². The lowest BCUT2D eigenvalue weighted by Gasteiger charge is -2.31. The van der Waals surface area contributed by atoms with Crippen LogP contribution in [0.2, 0.25) is 5.02 Å². The number of sulfonamides is 1. The Bertz CT molecular complexity index is 1060. The van der Waals surface area contributed by atoms with Gasteiger partial charge in [-0.25, -0.2) is 8.42 Å². The summed E-state index contributed by atoms with van der Waals surface area (Å²) in [5.41, 5.74) is 2.98. The number of aryl methyl sites for hydroxylation is 1. The molecule has 1 aliphatic rings. The van der Waals surface area contributed by atoms with E-state index in [2.05, 4.69) is 19.2 Å². The molecule has 6 nitrogen and oxygen atoms in total. The molecule has 31 heavy (non-hydrogen) atoms. The van der Waals surface area contributed by atoms with Crippen molar-refractivity contribution < 1.29 is 17.9 Å². The van der Waals surface area contributed by atoms with Gasteiger partial charge in [-0.1, -0.05) is 43.6 Å². The van der Waals surface area contributed by atoms with Crippen molar-refractivity contribution in [1.29, 1.82) is 0 Å². The molecule has 0 aromatic heterocycles. The summed E-state index contributed by atoms with van der Waals surface area (Å²) in [7, 11) is -2.34. The van der Waals surface area contributed by atoms with E-state index in [0.717, 1.165) is 16.8 Å². The Morgan fingerprint density at radius 1 is 1.19 bits per heavy atom. The minimum Gasteiger partial charge on any atom is -0.495 e. The number of piperidine rings is 1. The van der Waals surface area contributed by atoms with Crippen molar-refractivity contribution in [2.24, 2.45) is 5.92 Å². The summed E-state index contributed by atoms with van der Waals surface area (Å²) >= 11 is 6.02. The highest BCUT2D eigenvalue weighted by atomic mass is 35.5. The predicted molar refractivity (Wildman–Crippen MR) is 123 cm³/mol. The van der Waals surface area contributed by atoms with Crippen LogP contribution in [0.5, 0.6) is 5.75 Å². The first-order valence-corrected chi connectivity index (χ1v) is 12.2. The maximum Gasteiger partial charge on any atom is 0.246 e. The van der Waals surface area contributed by atoms with Crippen LogP contribution in [0.15, 0.2) is 41.3 Å². The minimum atomic E-state index is -3.77. The molecule has 2 aromatic carbocycles. The van der Waals surface area contributed by atoms with Crippen LogP contribution in [-0.2, 0) is 14.8 Å². The summed E-state index contributed by atoms with van der Waals surface area (Å²) < 4.78 is 32.9. The molecule has 1 aliphatic heterocycles. The topological polar surface area (TPSA) is 75.7 Å². The molecule has 1 fully saturated rings. The average Bonchev–Trinajstić information content (AvgIpc) is 2.75. The predicted octanol–water partition coefficient (Wildman–Crippen LogP) is 4.82. The number of carbonyl (C=O) groups is 1. The van der Waals surface area contributed by atoms with Crippen molar-refractivity contribution in [1.82, 2.24) is 4.31 Å². The number of benzene rings is 2. The van der Waals surface area contributed by atoms with E-state index in [1.807, 2.05) is 25.1 Å². The molecule has 0 saturated carbocycles. The maximum absolute atomic E-state index is 13.1. The van der Waals surface area contributed by atoms with Crippen molar-refractivity contribution in [3.05, 3.63) is 52.5 Å². The Morgan fingerprint density at radius 2 is 1.87 bits per heavy atom. The van der Waals surface area contributed by atoms with Crippen LogP contribution in [0.25, 0.3) is 0 Å². The molecule has 0 unspecified atom stereocenters. The minimum absolute atomic E-state index is 0.0480. The summed E-state index contributed by atoms with van der Waals surface area (Å²) in [6.45, 7) is 6.70. The van der Waals surface area contributed by atoms with Crippen molar-refractivity contribution >= 4 is 33.2 Å². The number of hydrogen-bond acceptors (Lipinski definition) is 4. The second-order valence-corrected chi connectivity index (χ2v) is 10.5. The fourth-order valence-electron chi connectivity index (χ4n) is 3.92. The SMILES string of the molecule is COc1ccc(Cl)cc1S(=O)(=O)N1CCC(C(=O)Nc2c(C)cccc2C(C)C)CC1. The maximum atomic E-state index is 13.1. The number of nitrogens with zero attached hydrogens (tertiary/aromatic N) is 1. The molecule has 0 aliphatic carbocycles. The number of amides is 1. The Hall–Kier alpha value is -2.09. The van der Waals surface area contributed by atoms with Gasteiger partial charge < -0.3 is 10.1 Å². The number of anilines is 1. The fraction of sp³-hybridized carbons (Fsp3) is 0.435. The van der Waals surface area contributed by atoms with Gasteiger partial charge >= 0.3 is 0 Å². The van der Waals surface area contributed by atoms with Gasteiger partial charge in [-0.3, -0.25) is 4.79 Å². The van der Waals surface area contributed by atoms with Gasteiger partial charge in [0.1, 0.15) is 10.6 Å². The highest BCUT2D eigenvalue weighted by molar-refractivity contribution is 7.89. The van der Waals surface area contributed by atoms with E-state index in [1.54, 1.807) is 12.1 Å². The summed E-state index contributed by atoms with van der Waals surface area (Å²) in [5.74, 6) is 0.237. The third-order valence-electron chi connectivity index (χ3n) is 5.74. The number of hydrogen-bond donors (Lipinski definition) is 1. The summed E-state index contributed by atoms with van der Waals surface area (Å²) in [6, 6.07) is 10.5. The van der Waals surface area contributed by atoms with Crippen LogP contribution < -0.4 is 10.1 Å². The first-order chi connectivity index (χ1) is 14.6. The van der Waals surface area contributed by atoms with Crippen molar-refractivity contribution in [3.63, 3.8) is 0 Å². The number of methoxy groups -OCH3 is 1. The molecule has 0 spiro atoms. The number of rotatable bonds is 6. The smallest absolute Gasteiger partial charge is 0.246 e. The van der Waals surface area contributed by atoms with Gasteiger partial charge in [-0.2, -0.15) is 4.31 Å². The quantitative estimate of drug-likeness (QED) is 0.664. The van der Waals surface area contributed by atoms with Gasteiger partial charge in [-0.15, -0.1) is 0 Å². The normalized spacial score (nSPS) is 15.8. The Morgan fingerprint density at radius 3 is 2.48 bits per heavy atom. The molecule has 1 N–H and O–H groups in total. The Balaban J connectivity index is 1.72. The fourth-order valence-corrected chi connectivity index (χ4v) is 5.81. The number of ether oxygens (including phenoxy) is 1. The van der Waals surface area contributed by atoms with Crippen molar-refractivity contribution in [2.45, 2.75) is 44.4 Å². The van der Waals surface area contributed by atoms with Gasteiger partial charge in [-0.05, 0) is 55.0 Å². The zero-order valence-corrected chi connectivity index (χ0v) is 19.9. The van der Waals surface area contributed by atoms with Gasteiger partial charge in [0.15, 0.2) is 0 Å². The van der Waals surface area contributed by atoms with E-state index >= 15 is 0 Å². The van der Waals surface area contributed by atoms with E-state index in [1.165, 1.54) is 17.5 Å². The number of para-hydroxylation sites is 1. The molecular weight excluding hydrogens is 436 g/mol. The Kier molecular flexibility index (Phi) is 7.29. The second-order valence-electron chi connectivity index (χ2n) is 8.16. The molecule has 3 rings (SSSR count). The Labute approximate surface area is 189 Å². The zero-order valence-electron chi connectivity index (χ0n) is 18.3. The van der Waals surface area contributed by atoms with E-state index in [0.29, 0.717) is 17.9 Å². The molecule has 1 heterocycles. The zero-order chi connectivity index (χ0) is 22.8. The van der Waals surface area contributed by atoms with Gasteiger partial charge in [0.25, 0.3) is 0 Å². The summed E-state index contributed by atoms with van der Waals surface area (Å²) in [4.78, 5) is 13.0. The monoisotopic (exact) mass is 464 g/mol.